The van der Waals surface area contributed by atoms with E-state index in [0.717, 1.165) is 0 Å². The van der Waals surface area contributed by atoms with Crippen LogP contribution in [-0.2, 0) is 0 Å². The lowest BCUT2D eigenvalue weighted by atomic mass is 9.95. The van der Waals surface area contributed by atoms with E-state index < -0.39 is 7.12 Å². The van der Waals surface area contributed by atoms with Gasteiger partial charge < -0.3 is 15.2 Å². The van der Waals surface area contributed by atoms with Crippen molar-refractivity contribution in [3.63, 3.8) is 0 Å². The van der Waals surface area contributed by atoms with Crippen molar-refractivity contribution in [3.05, 3.63) is 0 Å². The molecule has 0 bridgehead atoms. The van der Waals surface area contributed by atoms with Crippen molar-refractivity contribution in [2.24, 2.45) is 0 Å². The molecular formula is C2H3BO3. The van der Waals surface area contributed by atoms with E-state index in [9.17, 15) is 0 Å². The molecule has 3 nitrogen and oxygen atoms in total. The lowest BCUT2D eigenvalue weighted by Crippen LogP contribution is -2.06. The molecule has 3 N–H and O–H groups in total. The summed E-state index contributed by atoms with van der Waals surface area (Å²) in [4.78, 5) is 0. The number of rotatable bonds is 0. The molecule has 0 radical (unpaired) electrons. The minimum atomic E-state index is -1.71. The summed E-state index contributed by atoms with van der Waals surface area (Å²) >= 11 is 0. The summed E-state index contributed by atoms with van der Waals surface area (Å²) in [5, 5.41) is 23.1. The third-order valence-electron chi connectivity index (χ3n) is 0.194. The molecule has 0 heterocycles. The predicted octanol–water partition coefficient (Wildman–Crippen LogP) is -1.67. The summed E-state index contributed by atoms with van der Waals surface area (Å²) in [6.45, 7) is 0. The van der Waals surface area contributed by atoms with Crippen molar-refractivity contribution in [2.75, 3.05) is 0 Å². The van der Waals surface area contributed by atoms with Gasteiger partial charge in [0.1, 0.15) is 0 Å². The van der Waals surface area contributed by atoms with Gasteiger partial charge in [0, 0.05) is 0 Å². The topological polar surface area (TPSA) is 60.7 Å². The molecular weight excluding hydrogens is 82.8 g/mol. The maximum atomic E-state index is 7.77. The van der Waals surface area contributed by atoms with Gasteiger partial charge in [0.2, 0.25) is 0 Å². The van der Waals surface area contributed by atoms with Crippen molar-refractivity contribution in [1.82, 2.24) is 0 Å². The highest BCUT2D eigenvalue weighted by molar-refractivity contribution is 6.51. The lowest BCUT2D eigenvalue weighted by molar-refractivity contribution is 0.426. The summed E-state index contributed by atoms with van der Waals surface area (Å²) in [7, 11) is -1.71. The molecule has 32 valence electrons. The van der Waals surface area contributed by atoms with Gasteiger partial charge in [-0.25, -0.2) is 0 Å². The average molecular weight is 85.9 g/mol. The highest BCUT2D eigenvalue weighted by Crippen LogP contribution is 1.54. The van der Waals surface area contributed by atoms with E-state index >= 15 is 0 Å². The highest BCUT2D eigenvalue weighted by Gasteiger charge is 1.96. The van der Waals surface area contributed by atoms with Gasteiger partial charge in [-0.1, -0.05) is 0 Å². The van der Waals surface area contributed by atoms with Crippen LogP contribution in [0.3, 0.4) is 0 Å². The molecule has 0 aromatic rings. The van der Waals surface area contributed by atoms with E-state index in [2.05, 4.69) is 0 Å². The van der Waals surface area contributed by atoms with Crippen LogP contribution in [-0.4, -0.2) is 22.3 Å². The Morgan fingerprint density at radius 2 is 1.83 bits per heavy atom. The normalized spacial score (nSPS) is 5.67. The first-order chi connectivity index (χ1) is 2.77. The molecule has 0 aromatic carbocycles. The largest absolute Gasteiger partial charge is 0.548 e. The van der Waals surface area contributed by atoms with E-state index in [1.54, 1.807) is 5.82 Å². The van der Waals surface area contributed by atoms with E-state index in [4.69, 9.17) is 15.2 Å². The minimum absolute atomic E-state index is 1.32. The molecule has 0 rings (SSSR count). The quantitative estimate of drug-likeness (QED) is 0.244. The van der Waals surface area contributed by atoms with Gasteiger partial charge in [-0.2, -0.15) is 0 Å². The first kappa shape index (κ1) is 5.34. The summed E-state index contributed by atoms with van der Waals surface area (Å²) < 4.78 is 0. The number of aliphatic hydroxyl groups excluding tert-OH is 1. The summed E-state index contributed by atoms with van der Waals surface area (Å²) in [6, 6.07) is 0. The number of aliphatic hydroxyl groups is 1. The SMILES string of the molecule is OC#CB(O)O. The second kappa shape index (κ2) is 2.58. The monoisotopic (exact) mass is 86.0 g/mol. The first-order valence-corrected chi connectivity index (χ1v) is 1.28. The maximum absolute atomic E-state index is 7.77. The predicted molar refractivity (Wildman–Crippen MR) is 19.9 cm³/mol. The van der Waals surface area contributed by atoms with Crippen molar-refractivity contribution >= 4 is 7.12 Å². The average Bonchev–Trinajstić information content (AvgIpc) is 1.35. The van der Waals surface area contributed by atoms with Crippen LogP contribution in [0.4, 0.5) is 0 Å². The fourth-order valence-corrected chi connectivity index (χ4v) is 0.0577. The smallest absolute Gasteiger partial charge is 0.463 e. The molecule has 0 fully saturated rings. The van der Waals surface area contributed by atoms with Crippen molar-refractivity contribution in [1.29, 1.82) is 0 Å². The van der Waals surface area contributed by atoms with Crippen molar-refractivity contribution in [3.8, 4) is 11.9 Å². The second-order valence-electron chi connectivity index (χ2n) is 0.630. The Hall–Kier alpha value is -0.655. The Morgan fingerprint density at radius 1 is 1.33 bits per heavy atom. The van der Waals surface area contributed by atoms with Crippen LogP contribution >= 0.6 is 0 Å². The molecule has 0 amide bonds. The van der Waals surface area contributed by atoms with Crippen LogP contribution in [0.25, 0.3) is 0 Å². The summed E-state index contributed by atoms with van der Waals surface area (Å²) in [5.74, 6) is 1.62. The Labute approximate surface area is 35.4 Å². The van der Waals surface area contributed by atoms with Crippen LogP contribution in [0.5, 0.6) is 0 Å². The lowest BCUT2D eigenvalue weighted by Gasteiger charge is -1.72. The van der Waals surface area contributed by atoms with E-state index in [-0.39, 0.29) is 0 Å². The Bertz CT molecular complexity index is 78.5. The third-order valence-corrected chi connectivity index (χ3v) is 0.194. The van der Waals surface area contributed by atoms with Crippen LogP contribution in [0.1, 0.15) is 0 Å². The van der Waals surface area contributed by atoms with Crippen LogP contribution in [0.15, 0.2) is 0 Å². The fourth-order valence-electron chi connectivity index (χ4n) is 0.0577. The van der Waals surface area contributed by atoms with Crippen LogP contribution in [0, 0.1) is 11.9 Å². The highest BCUT2D eigenvalue weighted by atomic mass is 16.4. The van der Waals surface area contributed by atoms with Gasteiger partial charge in [-0.3, -0.25) is 0 Å². The van der Waals surface area contributed by atoms with E-state index in [0.29, 0.717) is 0 Å². The van der Waals surface area contributed by atoms with Gasteiger partial charge in [-0.05, 0) is 5.82 Å². The standard InChI is InChI=1S/C2H3BO3/c4-2-1-3(5)6/h4-6H. The molecule has 0 aliphatic rings. The van der Waals surface area contributed by atoms with Crippen molar-refractivity contribution in [2.45, 2.75) is 0 Å². The summed E-state index contributed by atoms with van der Waals surface area (Å²) in [6.07, 6.45) is 1.32. The Morgan fingerprint density at radius 3 is 1.83 bits per heavy atom. The second-order valence-corrected chi connectivity index (χ2v) is 0.630. The molecule has 0 spiro atoms. The molecule has 0 aliphatic carbocycles. The van der Waals surface area contributed by atoms with Gasteiger partial charge in [0.05, 0.1) is 6.11 Å². The molecule has 4 heteroatoms. The molecule has 0 aliphatic heterocycles. The number of hydrogen-bond acceptors (Lipinski definition) is 3. The molecule has 0 saturated heterocycles. The minimum Gasteiger partial charge on any atom is -0.463 e. The first-order valence-electron chi connectivity index (χ1n) is 1.28. The zero-order chi connectivity index (χ0) is 4.99. The zero-order valence-electron chi connectivity index (χ0n) is 2.92. The molecule has 0 aromatic heterocycles. The van der Waals surface area contributed by atoms with Crippen LogP contribution < -0.4 is 0 Å². The van der Waals surface area contributed by atoms with E-state index in [1.165, 1.54) is 6.11 Å². The molecule has 0 unspecified atom stereocenters. The van der Waals surface area contributed by atoms with Gasteiger partial charge in [0.15, 0.2) is 0 Å². The zero-order valence-corrected chi connectivity index (χ0v) is 2.92. The molecule has 0 saturated carbocycles. The maximum Gasteiger partial charge on any atom is 0.548 e. The Kier molecular flexibility index (Phi) is 2.29. The van der Waals surface area contributed by atoms with Crippen LogP contribution in [0.2, 0.25) is 0 Å². The third kappa shape index (κ3) is 3.34. The van der Waals surface area contributed by atoms with Gasteiger partial charge in [0.25, 0.3) is 0 Å². The Balaban J connectivity index is 3.20. The van der Waals surface area contributed by atoms with Gasteiger partial charge >= 0.3 is 7.12 Å². The fraction of sp³-hybridized carbons (Fsp3) is 0. The van der Waals surface area contributed by atoms with Gasteiger partial charge in [-0.15, -0.1) is 0 Å². The summed E-state index contributed by atoms with van der Waals surface area (Å²) in [5.41, 5.74) is 0. The molecule has 0 atom stereocenters. The number of hydrogen-bond donors (Lipinski definition) is 3. The van der Waals surface area contributed by atoms with Crippen molar-refractivity contribution < 1.29 is 15.2 Å². The van der Waals surface area contributed by atoms with E-state index in [1.807, 2.05) is 0 Å². The molecule has 6 heavy (non-hydrogen) atoms.